The number of hydrogen-bond donors (Lipinski definition) is 1. The molecule has 1 N–H and O–H groups in total. The minimum atomic E-state index is 0.768. The Morgan fingerprint density at radius 1 is 1.06 bits per heavy atom. The molecule has 16 heavy (non-hydrogen) atoms. The van der Waals surface area contributed by atoms with Crippen LogP contribution in [0.4, 0.5) is 0 Å². The van der Waals surface area contributed by atoms with Gasteiger partial charge in [0.1, 0.15) is 11.5 Å². The maximum Gasteiger partial charge on any atom is 0.117 e. The average Bonchev–Trinajstić information content (AvgIpc) is 2.67. The molecule has 84 valence electrons. The third-order valence-electron chi connectivity index (χ3n) is 2.34. The number of nitrogens with one attached hydrogen (secondary N) is 1. The highest BCUT2D eigenvalue weighted by atomic mass is 79.9. The fraction of sp³-hybridized carbons (Fsp3) is 0.231. The van der Waals surface area contributed by atoms with Gasteiger partial charge in [-0.3, -0.25) is 0 Å². The second-order valence-corrected chi connectivity index (χ2v) is 4.66. The SMILES string of the molecule is Cc1ccc(CNCc2ccc(Br)cc2)o1. The molecule has 0 spiro atoms. The monoisotopic (exact) mass is 279 g/mol. The van der Waals surface area contributed by atoms with E-state index in [-0.39, 0.29) is 0 Å². The Labute approximate surface area is 104 Å². The summed E-state index contributed by atoms with van der Waals surface area (Å²) in [5.74, 6) is 1.94. The first-order valence-electron chi connectivity index (χ1n) is 5.24. The smallest absolute Gasteiger partial charge is 0.117 e. The molecule has 1 heterocycles. The van der Waals surface area contributed by atoms with Crippen molar-refractivity contribution in [3.63, 3.8) is 0 Å². The van der Waals surface area contributed by atoms with E-state index in [1.54, 1.807) is 0 Å². The second kappa shape index (κ2) is 5.32. The molecule has 0 atom stereocenters. The second-order valence-electron chi connectivity index (χ2n) is 3.74. The van der Waals surface area contributed by atoms with Gasteiger partial charge in [-0.2, -0.15) is 0 Å². The third-order valence-corrected chi connectivity index (χ3v) is 2.87. The molecule has 2 nitrogen and oxygen atoms in total. The summed E-state index contributed by atoms with van der Waals surface area (Å²) in [5.41, 5.74) is 1.27. The van der Waals surface area contributed by atoms with Crippen LogP contribution < -0.4 is 5.32 Å². The third kappa shape index (κ3) is 3.22. The molecule has 2 aromatic rings. The first-order valence-corrected chi connectivity index (χ1v) is 6.04. The normalized spacial score (nSPS) is 10.6. The molecule has 1 aromatic heterocycles. The van der Waals surface area contributed by atoms with Crippen molar-refractivity contribution in [2.45, 2.75) is 20.0 Å². The summed E-state index contributed by atoms with van der Waals surface area (Å²) >= 11 is 3.42. The van der Waals surface area contributed by atoms with Crippen LogP contribution in [0, 0.1) is 6.92 Å². The Morgan fingerprint density at radius 2 is 1.81 bits per heavy atom. The van der Waals surface area contributed by atoms with Crippen molar-refractivity contribution in [2.75, 3.05) is 0 Å². The summed E-state index contributed by atoms with van der Waals surface area (Å²) in [6, 6.07) is 12.3. The molecule has 0 aliphatic carbocycles. The van der Waals surface area contributed by atoms with E-state index in [9.17, 15) is 0 Å². The summed E-state index contributed by atoms with van der Waals surface area (Å²) < 4.78 is 6.58. The lowest BCUT2D eigenvalue weighted by Crippen LogP contribution is -2.11. The standard InChI is InChI=1S/C13H14BrNO/c1-10-2-7-13(16-10)9-15-8-11-3-5-12(14)6-4-11/h2-7,15H,8-9H2,1H3. The summed E-state index contributed by atoms with van der Waals surface area (Å²) in [4.78, 5) is 0. The molecule has 0 fully saturated rings. The van der Waals surface area contributed by atoms with E-state index < -0.39 is 0 Å². The molecule has 0 bridgehead atoms. The van der Waals surface area contributed by atoms with E-state index in [2.05, 4.69) is 33.4 Å². The van der Waals surface area contributed by atoms with Gasteiger partial charge in [0.2, 0.25) is 0 Å². The molecule has 0 radical (unpaired) electrons. The zero-order chi connectivity index (χ0) is 11.4. The molecule has 0 saturated heterocycles. The Morgan fingerprint density at radius 3 is 2.44 bits per heavy atom. The van der Waals surface area contributed by atoms with Crippen LogP contribution in [0.1, 0.15) is 17.1 Å². The highest BCUT2D eigenvalue weighted by molar-refractivity contribution is 9.10. The molecule has 1 aromatic carbocycles. The predicted octanol–water partition coefficient (Wildman–Crippen LogP) is 3.64. The van der Waals surface area contributed by atoms with Crippen molar-refractivity contribution in [3.05, 3.63) is 58.0 Å². The largest absolute Gasteiger partial charge is 0.465 e. The number of rotatable bonds is 4. The summed E-state index contributed by atoms with van der Waals surface area (Å²) in [5, 5.41) is 3.34. The van der Waals surface area contributed by atoms with E-state index in [4.69, 9.17) is 4.42 Å². The maximum atomic E-state index is 5.47. The minimum absolute atomic E-state index is 0.768. The van der Waals surface area contributed by atoms with Gasteiger partial charge in [0.05, 0.1) is 6.54 Å². The van der Waals surface area contributed by atoms with Crippen molar-refractivity contribution in [1.82, 2.24) is 5.32 Å². The van der Waals surface area contributed by atoms with Crippen molar-refractivity contribution in [1.29, 1.82) is 0 Å². The van der Waals surface area contributed by atoms with Crippen molar-refractivity contribution in [3.8, 4) is 0 Å². The summed E-state index contributed by atoms with van der Waals surface area (Å²) in [6.07, 6.45) is 0. The molecular weight excluding hydrogens is 266 g/mol. The van der Waals surface area contributed by atoms with Gasteiger partial charge in [-0.1, -0.05) is 28.1 Å². The zero-order valence-electron chi connectivity index (χ0n) is 9.16. The van der Waals surface area contributed by atoms with E-state index in [1.807, 2.05) is 31.2 Å². The van der Waals surface area contributed by atoms with Crippen LogP contribution in [-0.4, -0.2) is 0 Å². The van der Waals surface area contributed by atoms with Gasteiger partial charge < -0.3 is 9.73 Å². The Balaban J connectivity index is 1.82. The van der Waals surface area contributed by atoms with Gasteiger partial charge in [0.15, 0.2) is 0 Å². The van der Waals surface area contributed by atoms with Gasteiger partial charge in [-0.05, 0) is 36.8 Å². The fourth-order valence-electron chi connectivity index (χ4n) is 1.51. The summed E-state index contributed by atoms with van der Waals surface area (Å²) in [6.45, 7) is 3.58. The number of aryl methyl sites for hydroxylation is 1. The van der Waals surface area contributed by atoms with Crippen LogP contribution in [-0.2, 0) is 13.1 Å². The summed E-state index contributed by atoms with van der Waals surface area (Å²) in [7, 11) is 0. The molecule has 0 aliphatic rings. The predicted molar refractivity (Wildman–Crippen MR) is 68.1 cm³/mol. The molecule has 0 saturated carbocycles. The van der Waals surface area contributed by atoms with Gasteiger partial charge in [-0.15, -0.1) is 0 Å². The highest BCUT2D eigenvalue weighted by Gasteiger charge is 1.98. The topological polar surface area (TPSA) is 25.2 Å². The van der Waals surface area contributed by atoms with E-state index in [1.165, 1.54) is 5.56 Å². The Hall–Kier alpha value is -1.06. The molecule has 0 amide bonds. The zero-order valence-corrected chi connectivity index (χ0v) is 10.8. The molecular formula is C13H14BrNO. The number of furan rings is 1. The molecule has 2 rings (SSSR count). The lowest BCUT2D eigenvalue weighted by molar-refractivity contribution is 0.461. The first-order chi connectivity index (χ1) is 7.74. The van der Waals surface area contributed by atoms with Crippen LogP contribution >= 0.6 is 15.9 Å². The van der Waals surface area contributed by atoms with Crippen LogP contribution in [0.25, 0.3) is 0 Å². The number of benzene rings is 1. The van der Waals surface area contributed by atoms with Crippen molar-refractivity contribution < 1.29 is 4.42 Å². The van der Waals surface area contributed by atoms with Crippen LogP contribution in [0.3, 0.4) is 0 Å². The van der Waals surface area contributed by atoms with Crippen LogP contribution in [0.15, 0.2) is 45.3 Å². The lowest BCUT2D eigenvalue weighted by atomic mass is 10.2. The van der Waals surface area contributed by atoms with Crippen molar-refractivity contribution >= 4 is 15.9 Å². The Kier molecular flexibility index (Phi) is 3.80. The van der Waals surface area contributed by atoms with Crippen molar-refractivity contribution in [2.24, 2.45) is 0 Å². The van der Waals surface area contributed by atoms with Gasteiger partial charge in [-0.25, -0.2) is 0 Å². The Bertz CT molecular complexity index is 447. The van der Waals surface area contributed by atoms with Gasteiger partial charge in [0, 0.05) is 11.0 Å². The number of hydrogen-bond acceptors (Lipinski definition) is 2. The quantitative estimate of drug-likeness (QED) is 0.925. The maximum absolute atomic E-state index is 5.47. The molecule has 0 unspecified atom stereocenters. The van der Waals surface area contributed by atoms with Crippen LogP contribution in [0.2, 0.25) is 0 Å². The average molecular weight is 280 g/mol. The minimum Gasteiger partial charge on any atom is -0.465 e. The highest BCUT2D eigenvalue weighted by Crippen LogP contribution is 2.10. The molecule has 3 heteroatoms. The van der Waals surface area contributed by atoms with E-state index >= 15 is 0 Å². The van der Waals surface area contributed by atoms with E-state index in [0.717, 1.165) is 29.1 Å². The van der Waals surface area contributed by atoms with Gasteiger partial charge in [0.25, 0.3) is 0 Å². The lowest BCUT2D eigenvalue weighted by Gasteiger charge is -2.03. The number of halogens is 1. The fourth-order valence-corrected chi connectivity index (χ4v) is 1.78. The van der Waals surface area contributed by atoms with Gasteiger partial charge >= 0.3 is 0 Å². The first kappa shape index (κ1) is 11.4. The van der Waals surface area contributed by atoms with E-state index in [0.29, 0.717) is 0 Å². The molecule has 0 aliphatic heterocycles. The van der Waals surface area contributed by atoms with Crippen LogP contribution in [0.5, 0.6) is 0 Å².